The van der Waals surface area contributed by atoms with Crippen LogP contribution in [0.5, 0.6) is 0 Å². The lowest BCUT2D eigenvalue weighted by atomic mass is 9.90. The first-order chi connectivity index (χ1) is 16.1. The van der Waals surface area contributed by atoms with Crippen molar-refractivity contribution in [1.29, 1.82) is 0 Å². The molecule has 5 heterocycles. The minimum Gasteiger partial charge on any atom is -0.329 e. The molecular weight excluding hydrogens is 416 g/mol. The Balaban J connectivity index is 1.24. The molecule has 2 N–H and O–H groups in total. The SMILES string of the molecule is CN1CCCC(CC(=O)[C@@H]2CCCN2c2nc(Nc3cc(C4CC4)[nH]n3)c3cccn3n2)C1. The van der Waals surface area contributed by atoms with Gasteiger partial charge in [0.05, 0.1) is 6.04 Å². The van der Waals surface area contributed by atoms with Gasteiger partial charge in [0.25, 0.3) is 0 Å². The molecule has 0 radical (unpaired) electrons. The van der Waals surface area contributed by atoms with Crippen molar-refractivity contribution in [3.8, 4) is 0 Å². The Kier molecular flexibility index (Phi) is 5.28. The minimum absolute atomic E-state index is 0.134. The van der Waals surface area contributed by atoms with E-state index in [1.165, 1.54) is 25.0 Å². The van der Waals surface area contributed by atoms with E-state index in [-0.39, 0.29) is 6.04 Å². The molecule has 9 heteroatoms. The highest BCUT2D eigenvalue weighted by molar-refractivity contribution is 5.87. The van der Waals surface area contributed by atoms with Gasteiger partial charge in [-0.1, -0.05) is 0 Å². The summed E-state index contributed by atoms with van der Waals surface area (Å²) in [6.45, 7) is 2.96. The number of ketones is 1. The summed E-state index contributed by atoms with van der Waals surface area (Å²) in [7, 11) is 2.15. The van der Waals surface area contributed by atoms with Crippen molar-refractivity contribution in [2.45, 2.75) is 56.9 Å². The Labute approximate surface area is 193 Å². The van der Waals surface area contributed by atoms with Crippen LogP contribution < -0.4 is 10.2 Å². The average molecular weight is 449 g/mol. The maximum Gasteiger partial charge on any atom is 0.246 e. The van der Waals surface area contributed by atoms with Gasteiger partial charge in [0, 0.05) is 43.4 Å². The summed E-state index contributed by atoms with van der Waals surface area (Å²) < 4.78 is 1.84. The summed E-state index contributed by atoms with van der Waals surface area (Å²) in [6.07, 6.45) is 9.22. The number of nitrogens with zero attached hydrogens (tertiary/aromatic N) is 6. The summed E-state index contributed by atoms with van der Waals surface area (Å²) in [5, 5.41) is 15.7. The third-order valence-electron chi connectivity index (χ3n) is 7.33. The predicted octanol–water partition coefficient (Wildman–Crippen LogP) is 3.34. The number of likely N-dealkylation sites (tertiary alicyclic amines) is 1. The molecule has 2 saturated heterocycles. The van der Waals surface area contributed by atoms with E-state index < -0.39 is 0 Å². The first kappa shape index (κ1) is 20.7. The Morgan fingerprint density at radius 3 is 2.94 bits per heavy atom. The summed E-state index contributed by atoms with van der Waals surface area (Å²) in [5.41, 5.74) is 2.07. The van der Waals surface area contributed by atoms with Gasteiger partial charge in [0.2, 0.25) is 5.95 Å². The van der Waals surface area contributed by atoms with E-state index in [1.807, 2.05) is 22.8 Å². The molecule has 0 amide bonds. The van der Waals surface area contributed by atoms with Crippen LogP contribution in [0.15, 0.2) is 24.4 Å². The molecule has 1 unspecified atom stereocenters. The van der Waals surface area contributed by atoms with Gasteiger partial charge in [-0.15, -0.1) is 5.10 Å². The number of carbonyl (C=O) groups is 1. The molecule has 3 fully saturated rings. The molecule has 0 bridgehead atoms. The Morgan fingerprint density at radius 2 is 2.09 bits per heavy atom. The number of anilines is 3. The zero-order valence-corrected chi connectivity index (χ0v) is 19.2. The fourth-order valence-corrected chi connectivity index (χ4v) is 5.46. The molecule has 3 aromatic rings. The first-order valence-corrected chi connectivity index (χ1v) is 12.3. The number of H-pyrrole nitrogens is 1. The highest BCUT2D eigenvalue weighted by Gasteiger charge is 2.34. The third-order valence-corrected chi connectivity index (χ3v) is 7.33. The number of hydrogen-bond donors (Lipinski definition) is 2. The highest BCUT2D eigenvalue weighted by atomic mass is 16.1. The number of aromatic nitrogens is 5. The van der Waals surface area contributed by atoms with Crippen LogP contribution in [-0.4, -0.2) is 68.2 Å². The van der Waals surface area contributed by atoms with E-state index in [0.717, 1.165) is 50.2 Å². The standard InChI is InChI=1S/C24H32N8O/c1-30-10-2-5-16(15-30)13-21(33)19-6-3-11-31(19)24-26-23(20-7-4-12-32(20)29-24)25-22-14-18(27-28-22)17-8-9-17/h4,7,12,14,16-17,19H,2-3,5-6,8-11,13,15H2,1H3,(H2,25,26,27,28,29)/t16?,19-/m0/s1. The monoisotopic (exact) mass is 448 g/mol. The second-order valence-electron chi connectivity index (χ2n) is 10.00. The number of hydrogen-bond acceptors (Lipinski definition) is 7. The molecule has 6 rings (SSSR count). The molecule has 2 aliphatic heterocycles. The molecular formula is C24H32N8O. The van der Waals surface area contributed by atoms with E-state index in [1.54, 1.807) is 0 Å². The lowest BCUT2D eigenvalue weighted by Crippen LogP contribution is -2.40. The van der Waals surface area contributed by atoms with E-state index in [0.29, 0.717) is 35.8 Å². The van der Waals surface area contributed by atoms with Gasteiger partial charge >= 0.3 is 0 Å². The van der Waals surface area contributed by atoms with Gasteiger partial charge in [-0.05, 0) is 70.2 Å². The molecule has 3 aromatic heterocycles. The van der Waals surface area contributed by atoms with Crippen molar-refractivity contribution in [2.24, 2.45) is 5.92 Å². The van der Waals surface area contributed by atoms with Gasteiger partial charge in [-0.25, -0.2) is 4.52 Å². The van der Waals surface area contributed by atoms with Crippen LogP contribution in [0.2, 0.25) is 0 Å². The molecule has 33 heavy (non-hydrogen) atoms. The summed E-state index contributed by atoms with van der Waals surface area (Å²) in [6, 6.07) is 5.89. The van der Waals surface area contributed by atoms with Gasteiger partial charge in [0.1, 0.15) is 5.52 Å². The number of nitrogens with one attached hydrogen (secondary N) is 2. The van der Waals surface area contributed by atoms with E-state index in [9.17, 15) is 4.79 Å². The average Bonchev–Trinajstić information content (AvgIpc) is 3.19. The van der Waals surface area contributed by atoms with E-state index >= 15 is 0 Å². The highest BCUT2D eigenvalue weighted by Crippen LogP contribution is 2.40. The van der Waals surface area contributed by atoms with Crippen molar-refractivity contribution in [2.75, 3.05) is 36.9 Å². The molecule has 3 aliphatic rings. The fourth-order valence-electron chi connectivity index (χ4n) is 5.46. The largest absolute Gasteiger partial charge is 0.329 e. The predicted molar refractivity (Wildman–Crippen MR) is 127 cm³/mol. The number of fused-ring (bicyclic) bond motifs is 1. The quantitative estimate of drug-likeness (QED) is 0.572. The molecule has 0 aromatic carbocycles. The molecule has 1 saturated carbocycles. The van der Waals surface area contributed by atoms with Crippen LogP contribution in [0.3, 0.4) is 0 Å². The normalized spacial score (nSPS) is 24.0. The fraction of sp³-hybridized carbons (Fsp3) is 0.583. The third kappa shape index (κ3) is 4.21. The zero-order valence-electron chi connectivity index (χ0n) is 19.2. The van der Waals surface area contributed by atoms with Gasteiger partial charge in [0.15, 0.2) is 17.4 Å². The van der Waals surface area contributed by atoms with E-state index in [4.69, 9.17) is 10.1 Å². The number of carbonyl (C=O) groups excluding carboxylic acids is 1. The van der Waals surface area contributed by atoms with Crippen LogP contribution in [0.25, 0.3) is 5.52 Å². The van der Waals surface area contributed by atoms with Crippen molar-refractivity contribution in [1.82, 2.24) is 29.7 Å². The van der Waals surface area contributed by atoms with Crippen LogP contribution >= 0.6 is 0 Å². The van der Waals surface area contributed by atoms with Crippen LogP contribution in [0.1, 0.15) is 56.6 Å². The summed E-state index contributed by atoms with van der Waals surface area (Å²) >= 11 is 0. The first-order valence-electron chi connectivity index (χ1n) is 12.3. The zero-order chi connectivity index (χ0) is 22.4. The molecule has 9 nitrogen and oxygen atoms in total. The maximum atomic E-state index is 13.3. The van der Waals surface area contributed by atoms with Gasteiger partial charge in [-0.3, -0.25) is 9.89 Å². The van der Waals surface area contributed by atoms with Crippen molar-refractivity contribution >= 4 is 28.9 Å². The van der Waals surface area contributed by atoms with E-state index in [2.05, 4.69) is 38.4 Å². The molecule has 2 atom stereocenters. The van der Waals surface area contributed by atoms with Crippen LogP contribution in [-0.2, 0) is 4.79 Å². The van der Waals surface area contributed by atoms with Crippen molar-refractivity contribution < 1.29 is 4.79 Å². The summed E-state index contributed by atoms with van der Waals surface area (Å²) in [5.74, 6) is 3.49. The second-order valence-corrected chi connectivity index (χ2v) is 10.00. The smallest absolute Gasteiger partial charge is 0.246 e. The molecule has 0 spiro atoms. The number of piperidine rings is 1. The summed E-state index contributed by atoms with van der Waals surface area (Å²) in [4.78, 5) is 22.7. The maximum absolute atomic E-state index is 13.3. The van der Waals surface area contributed by atoms with Gasteiger partial charge in [-0.2, -0.15) is 10.1 Å². The number of Topliss-reactive ketones (excluding diaryl/α,β-unsaturated/α-hetero) is 1. The van der Waals surface area contributed by atoms with Crippen molar-refractivity contribution in [3.63, 3.8) is 0 Å². The van der Waals surface area contributed by atoms with Crippen molar-refractivity contribution in [3.05, 3.63) is 30.1 Å². The Bertz CT molecular complexity index is 1150. The Hall–Kier alpha value is -2.94. The topological polar surface area (TPSA) is 94.5 Å². The lowest BCUT2D eigenvalue weighted by molar-refractivity contribution is -0.121. The number of rotatable bonds is 7. The lowest BCUT2D eigenvalue weighted by Gasteiger charge is -2.31. The van der Waals surface area contributed by atoms with Crippen LogP contribution in [0, 0.1) is 5.92 Å². The molecule has 174 valence electrons. The van der Waals surface area contributed by atoms with Gasteiger partial charge < -0.3 is 15.1 Å². The van der Waals surface area contributed by atoms with Crippen LogP contribution in [0.4, 0.5) is 17.6 Å². The number of aromatic amines is 1. The second kappa shape index (κ2) is 8.44. The molecule has 1 aliphatic carbocycles. The minimum atomic E-state index is -0.134. The Morgan fingerprint density at radius 1 is 1.21 bits per heavy atom.